The molecule has 1 aliphatic rings. The second-order valence-corrected chi connectivity index (χ2v) is 6.25. The number of carbonyl (C=O) groups is 1. The first-order valence-corrected chi connectivity index (χ1v) is 8.45. The van der Waals surface area contributed by atoms with Crippen molar-refractivity contribution in [1.29, 1.82) is 0 Å². The van der Waals surface area contributed by atoms with Crippen molar-refractivity contribution in [1.82, 2.24) is 20.5 Å². The molecule has 2 aromatic rings. The van der Waals surface area contributed by atoms with Crippen molar-refractivity contribution in [2.24, 2.45) is 0 Å². The molecule has 0 radical (unpaired) electrons. The average Bonchev–Trinajstić information content (AvgIpc) is 3.01. The van der Waals surface area contributed by atoms with Crippen molar-refractivity contribution in [2.45, 2.75) is 18.7 Å². The fraction of sp³-hybridized carbons (Fsp3) is 0.438. The normalized spacial score (nSPS) is 17.7. The largest absolute Gasteiger partial charge is 0.466 e. The van der Waals surface area contributed by atoms with E-state index in [-0.39, 0.29) is 23.2 Å². The number of pyridine rings is 1. The van der Waals surface area contributed by atoms with Crippen LogP contribution in [0.3, 0.4) is 0 Å². The van der Waals surface area contributed by atoms with Gasteiger partial charge in [-0.3, -0.25) is 14.9 Å². The fourth-order valence-corrected chi connectivity index (χ4v) is 2.75. The van der Waals surface area contributed by atoms with Crippen molar-refractivity contribution in [3.8, 4) is 5.88 Å². The Morgan fingerprint density at radius 1 is 1.41 bits per heavy atom. The smallest absolute Gasteiger partial charge is 0.422 e. The molecule has 1 aliphatic heterocycles. The van der Waals surface area contributed by atoms with Gasteiger partial charge in [0.05, 0.1) is 12.3 Å². The van der Waals surface area contributed by atoms with Gasteiger partial charge in [-0.1, -0.05) is 17.7 Å². The van der Waals surface area contributed by atoms with Gasteiger partial charge in [0, 0.05) is 25.7 Å². The van der Waals surface area contributed by atoms with Crippen LogP contribution in [0.2, 0.25) is 5.02 Å². The van der Waals surface area contributed by atoms with Crippen molar-refractivity contribution < 1.29 is 27.4 Å². The first kappa shape index (κ1) is 19.6. The Bertz CT molecular complexity index is 789. The van der Waals surface area contributed by atoms with E-state index in [9.17, 15) is 18.0 Å². The Kier molecular flexibility index (Phi) is 5.98. The number of Topliss-reactive ketones (excluding diaryl/α,β-unsaturated/α-hetero) is 1. The number of nitrogens with zero attached hydrogens (tertiary/aromatic N) is 2. The molecule has 7 nitrogen and oxygen atoms in total. The summed E-state index contributed by atoms with van der Waals surface area (Å²) in [4.78, 5) is 16.6. The molecule has 0 bridgehead atoms. The maximum atomic E-state index is 12.3. The monoisotopic (exact) mass is 404 g/mol. The van der Waals surface area contributed by atoms with Crippen LogP contribution in [0.25, 0.3) is 0 Å². The second-order valence-electron chi connectivity index (χ2n) is 5.88. The van der Waals surface area contributed by atoms with Crippen LogP contribution in [0, 0.1) is 0 Å². The van der Waals surface area contributed by atoms with Crippen LogP contribution in [0.5, 0.6) is 5.88 Å². The molecule has 3 heterocycles. The summed E-state index contributed by atoms with van der Waals surface area (Å²) < 4.78 is 46.7. The zero-order valence-corrected chi connectivity index (χ0v) is 14.7. The number of aromatic amines is 1. The van der Waals surface area contributed by atoms with Crippen molar-refractivity contribution in [3.05, 3.63) is 40.3 Å². The Labute approximate surface area is 157 Å². The van der Waals surface area contributed by atoms with E-state index in [1.165, 1.54) is 0 Å². The Hall–Kier alpha value is -2.17. The number of carbonyl (C=O) groups excluding carboxylic acids is 1. The van der Waals surface area contributed by atoms with Gasteiger partial charge in [-0.05, 0) is 11.6 Å². The minimum absolute atomic E-state index is 0.0440. The van der Waals surface area contributed by atoms with Gasteiger partial charge in [-0.25, -0.2) is 0 Å². The number of hydrogen-bond acceptors (Lipinski definition) is 6. The molecule has 1 atom stereocenters. The summed E-state index contributed by atoms with van der Waals surface area (Å²) in [5.41, 5.74) is 1.26. The van der Waals surface area contributed by atoms with E-state index in [1.807, 2.05) is 0 Å². The molecule has 1 saturated heterocycles. The van der Waals surface area contributed by atoms with E-state index in [2.05, 4.69) is 25.2 Å². The molecule has 11 heteroatoms. The number of halogens is 4. The Balaban J connectivity index is 1.62. The molecular weight excluding hydrogens is 389 g/mol. The zero-order valence-electron chi connectivity index (χ0n) is 14.0. The topological polar surface area (TPSA) is 89.1 Å². The van der Waals surface area contributed by atoms with E-state index >= 15 is 0 Å². The van der Waals surface area contributed by atoms with Crippen LogP contribution < -0.4 is 10.1 Å². The number of rotatable bonds is 6. The van der Waals surface area contributed by atoms with Crippen molar-refractivity contribution in [3.63, 3.8) is 0 Å². The van der Waals surface area contributed by atoms with E-state index in [1.54, 1.807) is 18.3 Å². The van der Waals surface area contributed by atoms with Crippen LogP contribution in [-0.2, 0) is 11.2 Å². The summed E-state index contributed by atoms with van der Waals surface area (Å²) in [6, 6.07) is 3.51. The first-order valence-electron chi connectivity index (χ1n) is 8.07. The third-order valence-electron chi connectivity index (χ3n) is 3.80. The molecule has 1 fully saturated rings. The summed E-state index contributed by atoms with van der Waals surface area (Å²) in [5, 5.41) is 8.76. The third kappa shape index (κ3) is 5.18. The molecule has 0 saturated carbocycles. The number of nitrogens with one attached hydrogen (secondary N) is 2. The average molecular weight is 405 g/mol. The van der Waals surface area contributed by atoms with Crippen LogP contribution in [0.15, 0.2) is 18.3 Å². The third-order valence-corrected chi connectivity index (χ3v) is 4.15. The molecule has 0 aliphatic carbocycles. The summed E-state index contributed by atoms with van der Waals surface area (Å²) >= 11 is 5.90. The first-order chi connectivity index (χ1) is 12.8. The molecule has 0 amide bonds. The van der Waals surface area contributed by atoms with Crippen LogP contribution >= 0.6 is 11.6 Å². The maximum absolute atomic E-state index is 12.3. The van der Waals surface area contributed by atoms with Gasteiger partial charge in [0.25, 0.3) is 5.88 Å². The van der Waals surface area contributed by atoms with Gasteiger partial charge in [-0.2, -0.15) is 13.2 Å². The second kappa shape index (κ2) is 8.24. The van der Waals surface area contributed by atoms with Gasteiger partial charge in [0.15, 0.2) is 12.4 Å². The number of morpholine rings is 1. The highest BCUT2D eigenvalue weighted by molar-refractivity contribution is 6.35. The fourth-order valence-electron chi connectivity index (χ4n) is 2.50. The molecular formula is C16H16ClF3N4O3. The lowest BCUT2D eigenvalue weighted by molar-refractivity contribution is -0.154. The molecule has 2 N–H and O–H groups in total. The Morgan fingerprint density at radius 3 is 2.85 bits per heavy atom. The number of alkyl halides is 3. The van der Waals surface area contributed by atoms with Crippen molar-refractivity contribution in [2.75, 3.05) is 26.3 Å². The molecule has 3 rings (SSSR count). The Morgan fingerprint density at radius 2 is 2.22 bits per heavy atom. The minimum atomic E-state index is -4.53. The standard InChI is InChI=1S/C16H16ClF3N4O3/c17-13-14(23-24-15(13)27-8-16(18,19)20)11(25)5-9-1-2-10(22-6-9)12-7-21-3-4-26-12/h1-2,6,12,21H,3-5,7-8H2,(H,23,24)/t12-/m1/s1. The number of ketones is 1. The molecule has 0 spiro atoms. The summed E-state index contributed by atoms with van der Waals surface area (Å²) in [6.45, 7) is 0.511. The number of H-pyrrole nitrogens is 1. The van der Waals surface area contributed by atoms with Gasteiger partial charge in [0.2, 0.25) is 0 Å². The van der Waals surface area contributed by atoms with E-state index in [0.29, 0.717) is 18.7 Å². The summed E-state index contributed by atoms with van der Waals surface area (Å²) in [5.74, 6) is -0.910. The predicted molar refractivity (Wildman–Crippen MR) is 89.0 cm³/mol. The molecule has 27 heavy (non-hydrogen) atoms. The van der Waals surface area contributed by atoms with Gasteiger partial charge < -0.3 is 14.8 Å². The summed E-state index contributed by atoms with van der Waals surface area (Å²) in [7, 11) is 0. The number of hydrogen-bond donors (Lipinski definition) is 2. The predicted octanol–water partition coefficient (Wildman–Crippen LogP) is 2.49. The SMILES string of the molecule is O=C(Cc1ccc([C@H]2CNCCO2)nc1)c1[nH]nc(OCC(F)(F)F)c1Cl. The zero-order chi connectivity index (χ0) is 19.4. The molecule has 2 aromatic heterocycles. The van der Waals surface area contributed by atoms with Gasteiger partial charge in [0.1, 0.15) is 16.8 Å². The highest BCUT2D eigenvalue weighted by Crippen LogP contribution is 2.28. The molecule has 0 unspecified atom stereocenters. The lowest BCUT2D eigenvalue weighted by atomic mass is 10.1. The van der Waals surface area contributed by atoms with Gasteiger partial charge in [-0.15, -0.1) is 5.10 Å². The summed E-state index contributed by atoms with van der Waals surface area (Å²) in [6.07, 6.45) is -3.16. The highest BCUT2D eigenvalue weighted by atomic mass is 35.5. The number of aromatic nitrogens is 3. The van der Waals surface area contributed by atoms with Crippen LogP contribution in [0.1, 0.15) is 27.8 Å². The maximum Gasteiger partial charge on any atom is 0.422 e. The van der Waals surface area contributed by atoms with E-state index < -0.39 is 24.4 Å². The minimum Gasteiger partial charge on any atom is -0.466 e. The molecule has 0 aromatic carbocycles. The lowest BCUT2D eigenvalue weighted by Crippen LogP contribution is -2.33. The van der Waals surface area contributed by atoms with Gasteiger partial charge >= 0.3 is 6.18 Å². The number of ether oxygens (including phenoxy) is 2. The van der Waals surface area contributed by atoms with Crippen LogP contribution in [-0.4, -0.2) is 53.4 Å². The van der Waals surface area contributed by atoms with E-state index in [4.69, 9.17) is 16.3 Å². The highest BCUT2D eigenvalue weighted by Gasteiger charge is 2.30. The van der Waals surface area contributed by atoms with Crippen molar-refractivity contribution >= 4 is 17.4 Å². The quantitative estimate of drug-likeness (QED) is 0.719. The lowest BCUT2D eigenvalue weighted by Gasteiger charge is -2.23. The van der Waals surface area contributed by atoms with E-state index in [0.717, 1.165) is 12.2 Å². The van der Waals surface area contributed by atoms with Crippen LogP contribution in [0.4, 0.5) is 13.2 Å². The molecule has 146 valence electrons.